The molecule has 0 aromatic heterocycles. The number of amides is 2. The van der Waals surface area contributed by atoms with Gasteiger partial charge in [-0.05, 0) is 62.1 Å². The lowest BCUT2D eigenvalue weighted by atomic mass is 10.1. The van der Waals surface area contributed by atoms with Gasteiger partial charge in [0.05, 0.1) is 13.2 Å². The number of benzene rings is 2. The molecular weight excluding hydrogens is 356 g/mol. The summed E-state index contributed by atoms with van der Waals surface area (Å²) in [7, 11) is 0. The minimum Gasteiger partial charge on any atom is -0.493 e. The predicted octanol–water partition coefficient (Wildman–Crippen LogP) is 4.45. The third-order valence-electron chi connectivity index (χ3n) is 4.60. The van der Waals surface area contributed by atoms with Crippen molar-refractivity contribution < 1.29 is 19.1 Å². The zero-order valence-electron chi connectivity index (χ0n) is 16.4. The first-order chi connectivity index (χ1) is 13.5. The summed E-state index contributed by atoms with van der Waals surface area (Å²) in [6.45, 7) is 5.57. The normalized spacial score (nSPS) is 13.4. The number of carbonyl (C=O) groups is 2. The number of nitrogens with zero attached hydrogens (tertiary/aromatic N) is 1. The molecule has 1 aliphatic heterocycles. The minimum atomic E-state index is -0.354. The monoisotopic (exact) mass is 382 g/mol. The molecule has 6 heteroatoms. The highest BCUT2D eigenvalue weighted by Crippen LogP contribution is 2.23. The topological polar surface area (TPSA) is 67.9 Å². The van der Waals surface area contributed by atoms with E-state index in [4.69, 9.17) is 9.47 Å². The molecule has 0 saturated carbocycles. The highest BCUT2D eigenvalue weighted by Gasteiger charge is 2.23. The van der Waals surface area contributed by atoms with E-state index in [-0.39, 0.29) is 12.0 Å². The second-order valence-electron chi connectivity index (χ2n) is 6.94. The summed E-state index contributed by atoms with van der Waals surface area (Å²) in [6, 6.07) is 13.4. The summed E-state index contributed by atoms with van der Waals surface area (Å²) in [5.74, 6) is 0.856. The van der Waals surface area contributed by atoms with E-state index in [1.54, 1.807) is 11.0 Å². The molecule has 0 unspecified atom stereocenters. The molecule has 1 aliphatic rings. The molecule has 1 N–H and O–H groups in total. The van der Waals surface area contributed by atoms with Gasteiger partial charge in [0.15, 0.2) is 0 Å². The van der Waals surface area contributed by atoms with Crippen molar-refractivity contribution in [2.75, 3.05) is 30.0 Å². The van der Waals surface area contributed by atoms with Gasteiger partial charge in [0, 0.05) is 17.8 Å². The summed E-state index contributed by atoms with van der Waals surface area (Å²) in [4.78, 5) is 25.4. The molecule has 0 radical (unpaired) electrons. The number of aryl methyl sites for hydroxylation is 2. The number of nitrogens with one attached hydrogen (secondary N) is 1. The molecule has 1 heterocycles. The summed E-state index contributed by atoms with van der Waals surface area (Å²) >= 11 is 0. The lowest BCUT2D eigenvalue weighted by Gasteiger charge is -2.14. The highest BCUT2D eigenvalue weighted by atomic mass is 16.6. The van der Waals surface area contributed by atoms with Gasteiger partial charge in [-0.15, -0.1) is 0 Å². The fraction of sp³-hybridized carbons (Fsp3) is 0.364. The molecule has 2 amide bonds. The average Bonchev–Trinajstić information content (AvgIpc) is 3.10. The number of hydrogen-bond acceptors (Lipinski definition) is 4. The van der Waals surface area contributed by atoms with Gasteiger partial charge < -0.3 is 14.8 Å². The van der Waals surface area contributed by atoms with Crippen LogP contribution in [0.25, 0.3) is 0 Å². The van der Waals surface area contributed by atoms with Crippen LogP contribution in [0.4, 0.5) is 16.2 Å². The number of rotatable bonds is 8. The van der Waals surface area contributed by atoms with Crippen molar-refractivity contribution >= 4 is 23.4 Å². The van der Waals surface area contributed by atoms with Crippen LogP contribution in [-0.4, -0.2) is 31.8 Å². The van der Waals surface area contributed by atoms with E-state index in [2.05, 4.69) is 11.4 Å². The molecule has 28 heavy (non-hydrogen) atoms. The minimum absolute atomic E-state index is 0.0483. The van der Waals surface area contributed by atoms with Gasteiger partial charge >= 0.3 is 6.09 Å². The zero-order valence-corrected chi connectivity index (χ0v) is 16.4. The first-order valence-corrected chi connectivity index (χ1v) is 9.57. The molecule has 2 aromatic carbocycles. The molecule has 148 valence electrons. The number of carbonyl (C=O) groups excluding carboxylic acids is 2. The second kappa shape index (κ2) is 9.26. The summed E-state index contributed by atoms with van der Waals surface area (Å²) in [5.41, 5.74) is 3.69. The average molecular weight is 382 g/mol. The van der Waals surface area contributed by atoms with Crippen LogP contribution in [0.1, 0.15) is 30.4 Å². The number of anilines is 2. The van der Waals surface area contributed by atoms with Gasteiger partial charge in [-0.3, -0.25) is 9.69 Å². The molecule has 0 spiro atoms. The van der Waals surface area contributed by atoms with Crippen LogP contribution in [-0.2, 0) is 9.53 Å². The second-order valence-corrected chi connectivity index (χ2v) is 6.94. The van der Waals surface area contributed by atoms with Gasteiger partial charge in [-0.2, -0.15) is 0 Å². The Morgan fingerprint density at radius 2 is 2.04 bits per heavy atom. The van der Waals surface area contributed by atoms with Crippen LogP contribution in [0.2, 0.25) is 0 Å². The molecule has 1 fully saturated rings. The Labute approximate surface area is 165 Å². The lowest BCUT2D eigenvalue weighted by molar-refractivity contribution is -0.116. The largest absolute Gasteiger partial charge is 0.493 e. The Hall–Kier alpha value is -3.02. The maximum atomic E-state index is 12.2. The Morgan fingerprint density at radius 3 is 2.82 bits per heavy atom. The molecular formula is C22H26N2O4. The van der Waals surface area contributed by atoms with E-state index in [9.17, 15) is 9.59 Å². The Balaban J connectivity index is 1.41. The van der Waals surface area contributed by atoms with Gasteiger partial charge in [-0.1, -0.05) is 18.2 Å². The van der Waals surface area contributed by atoms with E-state index < -0.39 is 0 Å². The van der Waals surface area contributed by atoms with E-state index in [1.807, 2.05) is 44.2 Å². The number of unbranched alkanes of at least 4 members (excludes halogenated alkanes) is 1. The smallest absolute Gasteiger partial charge is 0.414 e. The predicted molar refractivity (Wildman–Crippen MR) is 109 cm³/mol. The van der Waals surface area contributed by atoms with Crippen molar-refractivity contribution in [3.05, 3.63) is 53.6 Å². The van der Waals surface area contributed by atoms with Gasteiger partial charge in [-0.25, -0.2) is 4.79 Å². The van der Waals surface area contributed by atoms with Crippen LogP contribution >= 0.6 is 0 Å². The number of ether oxygens (including phenoxy) is 2. The van der Waals surface area contributed by atoms with Gasteiger partial charge in [0.2, 0.25) is 5.91 Å². The van der Waals surface area contributed by atoms with E-state index in [0.29, 0.717) is 31.9 Å². The Morgan fingerprint density at radius 1 is 1.18 bits per heavy atom. The van der Waals surface area contributed by atoms with Crippen molar-refractivity contribution in [1.29, 1.82) is 0 Å². The Kier molecular flexibility index (Phi) is 6.53. The Bertz CT molecular complexity index is 850. The SMILES string of the molecule is Cc1ccc(C)c(OCCCCC(=O)Nc2cccc(N3CCOC3=O)c2)c1. The molecule has 2 aromatic rings. The quantitative estimate of drug-likeness (QED) is 0.685. The molecule has 6 nitrogen and oxygen atoms in total. The van der Waals surface area contributed by atoms with Crippen molar-refractivity contribution in [2.24, 2.45) is 0 Å². The van der Waals surface area contributed by atoms with Crippen molar-refractivity contribution in [1.82, 2.24) is 0 Å². The van der Waals surface area contributed by atoms with E-state index in [0.717, 1.165) is 29.8 Å². The maximum absolute atomic E-state index is 12.2. The third kappa shape index (κ3) is 5.25. The molecule has 3 rings (SSSR count). The fourth-order valence-electron chi connectivity index (χ4n) is 3.04. The summed E-state index contributed by atoms with van der Waals surface area (Å²) < 4.78 is 10.8. The molecule has 0 atom stereocenters. The van der Waals surface area contributed by atoms with Crippen LogP contribution in [0.3, 0.4) is 0 Å². The summed E-state index contributed by atoms with van der Waals surface area (Å²) in [5, 5.41) is 2.89. The standard InChI is InChI=1S/C22H26N2O4/c1-16-9-10-17(2)20(14-16)27-12-4-3-8-21(25)23-18-6-5-7-19(15-18)24-11-13-28-22(24)26/h5-7,9-10,14-15H,3-4,8,11-13H2,1-2H3,(H,23,25). The van der Waals surface area contributed by atoms with E-state index in [1.165, 1.54) is 5.56 Å². The van der Waals surface area contributed by atoms with Crippen LogP contribution in [0.5, 0.6) is 5.75 Å². The number of cyclic esters (lactones) is 1. The highest BCUT2D eigenvalue weighted by molar-refractivity contribution is 5.93. The first-order valence-electron chi connectivity index (χ1n) is 9.57. The van der Waals surface area contributed by atoms with E-state index >= 15 is 0 Å². The van der Waals surface area contributed by atoms with Crippen molar-refractivity contribution in [3.63, 3.8) is 0 Å². The van der Waals surface area contributed by atoms with Gasteiger partial charge in [0.1, 0.15) is 12.4 Å². The molecule has 0 aliphatic carbocycles. The first kappa shape index (κ1) is 19.7. The third-order valence-corrected chi connectivity index (χ3v) is 4.60. The van der Waals surface area contributed by atoms with Crippen molar-refractivity contribution in [3.8, 4) is 5.75 Å². The summed E-state index contributed by atoms with van der Waals surface area (Å²) in [6.07, 6.45) is 1.62. The van der Waals surface area contributed by atoms with Crippen LogP contribution in [0, 0.1) is 13.8 Å². The van der Waals surface area contributed by atoms with Crippen LogP contribution in [0.15, 0.2) is 42.5 Å². The van der Waals surface area contributed by atoms with Crippen LogP contribution < -0.4 is 15.0 Å². The zero-order chi connectivity index (χ0) is 19.9. The molecule has 1 saturated heterocycles. The number of hydrogen-bond donors (Lipinski definition) is 1. The maximum Gasteiger partial charge on any atom is 0.414 e. The van der Waals surface area contributed by atoms with Gasteiger partial charge in [0.25, 0.3) is 0 Å². The fourth-order valence-corrected chi connectivity index (χ4v) is 3.04. The molecule has 0 bridgehead atoms. The lowest BCUT2D eigenvalue weighted by Crippen LogP contribution is -2.23. The van der Waals surface area contributed by atoms with Crippen molar-refractivity contribution in [2.45, 2.75) is 33.1 Å².